The maximum atomic E-state index is 11.8. The van der Waals surface area contributed by atoms with E-state index in [9.17, 15) is 9.90 Å². The zero-order chi connectivity index (χ0) is 15.7. The molecule has 0 bridgehead atoms. The molecule has 114 valence electrons. The number of hydrogen-bond donors (Lipinski definition) is 2. The van der Waals surface area contributed by atoms with E-state index in [0.717, 1.165) is 4.88 Å². The molecule has 7 nitrogen and oxygen atoms in total. The standard InChI is InChI=1S/C13H17N3O4S/c1-3-19-12(17)10(13(18)20-4-2)11(14)16-15-8-9-6-5-7-21-9/h5-8,17H,3-4H2,1-2H3,(H2,14,16)/b12-10-,15-8-. The van der Waals surface area contributed by atoms with E-state index in [1.54, 1.807) is 13.8 Å². The number of nitrogens with zero attached hydrogens (tertiary/aromatic N) is 2. The van der Waals surface area contributed by atoms with Crippen molar-refractivity contribution >= 4 is 29.4 Å². The van der Waals surface area contributed by atoms with Gasteiger partial charge in [-0.15, -0.1) is 16.4 Å². The van der Waals surface area contributed by atoms with Crippen LogP contribution in [0.2, 0.25) is 0 Å². The first-order chi connectivity index (χ1) is 10.1. The van der Waals surface area contributed by atoms with Crippen LogP contribution in [0, 0.1) is 0 Å². The van der Waals surface area contributed by atoms with E-state index in [-0.39, 0.29) is 24.6 Å². The summed E-state index contributed by atoms with van der Waals surface area (Å²) in [6.07, 6.45) is 1.48. The van der Waals surface area contributed by atoms with Crippen LogP contribution in [0.25, 0.3) is 0 Å². The highest BCUT2D eigenvalue weighted by Crippen LogP contribution is 2.08. The number of rotatable bonds is 7. The van der Waals surface area contributed by atoms with Gasteiger partial charge in [0.15, 0.2) is 11.4 Å². The van der Waals surface area contributed by atoms with Gasteiger partial charge in [0.25, 0.3) is 5.95 Å². The molecule has 0 aliphatic carbocycles. The summed E-state index contributed by atoms with van der Waals surface area (Å²) in [5.41, 5.74) is 5.32. The molecule has 0 atom stereocenters. The van der Waals surface area contributed by atoms with Crippen LogP contribution in [-0.4, -0.2) is 36.3 Å². The van der Waals surface area contributed by atoms with Crippen molar-refractivity contribution in [2.45, 2.75) is 13.8 Å². The normalized spacial score (nSPS) is 13.1. The Kier molecular flexibility index (Phi) is 6.96. The fourth-order valence-corrected chi connectivity index (χ4v) is 1.86. The molecule has 1 heterocycles. The van der Waals surface area contributed by atoms with E-state index < -0.39 is 11.9 Å². The van der Waals surface area contributed by atoms with Crippen molar-refractivity contribution in [2.75, 3.05) is 13.2 Å². The molecule has 0 aliphatic heterocycles. The third-order valence-corrected chi connectivity index (χ3v) is 2.93. The van der Waals surface area contributed by atoms with Crippen LogP contribution >= 0.6 is 11.3 Å². The molecule has 0 spiro atoms. The summed E-state index contributed by atoms with van der Waals surface area (Å²) in [5, 5.41) is 19.0. The van der Waals surface area contributed by atoms with E-state index in [4.69, 9.17) is 15.2 Å². The van der Waals surface area contributed by atoms with Gasteiger partial charge < -0.3 is 20.3 Å². The second kappa shape index (κ2) is 8.75. The lowest BCUT2D eigenvalue weighted by Gasteiger charge is -2.08. The van der Waals surface area contributed by atoms with Crippen molar-refractivity contribution in [1.82, 2.24) is 0 Å². The van der Waals surface area contributed by atoms with Crippen LogP contribution in [0.3, 0.4) is 0 Å². The lowest BCUT2D eigenvalue weighted by Crippen LogP contribution is -2.25. The van der Waals surface area contributed by atoms with Gasteiger partial charge in [-0.25, -0.2) is 4.79 Å². The van der Waals surface area contributed by atoms with Crippen molar-refractivity contribution in [2.24, 2.45) is 15.9 Å². The van der Waals surface area contributed by atoms with Crippen LogP contribution in [0.4, 0.5) is 0 Å². The van der Waals surface area contributed by atoms with Gasteiger partial charge in [-0.3, -0.25) is 0 Å². The minimum atomic E-state index is -0.823. The number of hydrogen-bond acceptors (Lipinski definition) is 7. The van der Waals surface area contributed by atoms with Gasteiger partial charge in [-0.1, -0.05) is 6.07 Å². The Labute approximate surface area is 126 Å². The summed E-state index contributed by atoms with van der Waals surface area (Å²) in [6.45, 7) is 3.59. The molecule has 8 heteroatoms. The summed E-state index contributed by atoms with van der Waals surface area (Å²) in [6, 6.07) is 3.71. The second-order valence-electron chi connectivity index (χ2n) is 3.58. The zero-order valence-electron chi connectivity index (χ0n) is 11.8. The van der Waals surface area contributed by atoms with E-state index in [1.165, 1.54) is 17.6 Å². The third-order valence-electron chi connectivity index (χ3n) is 2.12. The molecular weight excluding hydrogens is 294 g/mol. The molecule has 1 aromatic heterocycles. The Bertz CT molecular complexity index is 550. The van der Waals surface area contributed by atoms with Gasteiger partial charge in [0, 0.05) is 4.88 Å². The number of nitrogens with two attached hydrogens (primary N) is 1. The van der Waals surface area contributed by atoms with Crippen molar-refractivity contribution in [3.63, 3.8) is 0 Å². The molecule has 21 heavy (non-hydrogen) atoms. The summed E-state index contributed by atoms with van der Waals surface area (Å²) < 4.78 is 9.67. The molecule has 0 saturated heterocycles. The van der Waals surface area contributed by atoms with Crippen LogP contribution < -0.4 is 5.73 Å². The first kappa shape index (κ1) is 16.7. The minimum absolute atomic E-state index is 0.132. The first-order valence-electron chi connectivity index (χ1n) is 6.23. The molecule has 1 aromatic rings. The van der Waals surface area contributed by atoms with Crippen molar-refractivity contribution in [1.29, 1.82) is 0 Å². The number of aliphatic hydroxyl groups excluding tert-OH is 1. The van der Waals surface area contributed by atoms with Gasteiger partial charge >= 0.3 is 5.97 Å². The Morgan fingerprint density at radius 2 is 2.14 bits per heavy atom. The number of amidine groups is 1. The quantitative estimate of drug-likeness (QED) is 0.199. The largest absolute Gasteiger partial charge is 0.480 e. The van der Waals surface area contributed by atoms with E-state index in [2.05, 4.69) is 10.2 Å². The highest BCUT2D eigenvalue weighted by Gasteiger charge is 2.22. The minimum Gasteiger partial charge on any atom is -0.480 e. The first-order valence-corrected chi connectivity index (χ1v) is 7.11. The number of aliphatic hydroxyl groups is 1. The Morgan fingerprint density at radius 1 is 1.43 bits per heavy atom. The van der Waals surface area contributed by atoms with Gasteiger partial charge in [-0.2, -0.15) is 5.10 Å². The fraction of sp³-hybridized carbons (Fsp3) is 0.308. The number of carbonyl (C=O) groups excluding carboxylic acids is 1. The summed E-state index contributed by atoms with van der Waals surface area (Å²) >= 11 is 1.47. The molecular formula is C13H17N3O4S. The number of thiophene rings is 1. The lowest BCUT2D eigenvalue weighted by molar-refractivity contribution is -0.138. The summed E-state index contributed by atoms with van der Waals surface area (Å²) in [5.74, 6) is -1.74. The van der Waals surface area contributed by atoms with E-state index in [1.807, 2.05) is 17.5 Å². The average Bonchev–Trinajstić information content (AvgIpc) is 2.92. The molecule has 0 aliphatic rings. The smallest absolute Gasteiger partial charge is 0.349 e. The maximum absolute atomic E-state index is 11.8. The van der Waals surface area contributed by atoms with E-state index >= 15 is 0 Å². The molecule has 0 aromatic carbocycles. The number of esters is 1. The predicted octanol–water partition coefficient (Wildman–Crippen LogP) is 1.81. The topological polar surface area (TPSA) is 107 Å². The predicted molar refractivity (Wildman–Crippen MR) is 81.4 cm³/mol. The number of ether oxygens (including phenoxy) is 2. The van der Waals surface area contributed by atoms with Crippen LogP contribution in [0.5, 0.6) is 0 Å². The van der Waals surface area contributed by atoms with Gasteiger partial charge in [0.2, 0.25) is 0 Å². The molecule has 0 radical (unpaired) electrons. The molecule has 3 N–H and O–H groups in total. The van der Waals surface area contributed by atoms with Crippen molar-refractivity contribution in [3.05, 3.63) is 33.9 Å². The third kappa shape index (κ3) is 5.27. The SMILES string of the molecule is CCOC(=O)C(/C(N)=N/N=C\c1cccs1)=C(/O)OCC. The molecule has 0 saturated carbocycles. The Hall–Kier alpha value is -2.35. The lowest BCUT2D eigenvalue weighted by atomic mass is 10.2. The summed E-state index contributed by atoms with van der Waals surface area (Å²) in [4.78, 5) is 12.6. The number of carbonyl (C=O) groups is 1. The van der Waals surface area contributed by atoms with Crippen molar-refractivity contribution < 1.29 is 19.4 Å². The monoisotopic (exact) mass is 311 g/mol. The average molecular weight is 311 g/mol. The Balaban J connectivity index is 2.96. The van der Waals surface area contributed by atoms with Crippen LogP contribution in [-0.2, 0) is 14.3 Å². The maximum Gasteiger partial charge on any atom is 0.349 e. The zero-order valence-corrected chi connectivity index (χ0v) is 12.6. The molecule has 0 unspecified atom stereocenters. The fourth-order valence-electron chi connectivity index (χ4n) is 1.28. The second-order valence-corrected chi connectivity index (χ2v) is 4.56. The van der Waals surface area contributed by atoms with Gasteiger partial charge in [0.1, 0.15) is 0 Å². The summed E-state index contributed by atoms with van der Waals surface area (Å²) in [7, 11) is 0. The molecule has 0 amide bonds. The highest BCUT2D eigenvalue weighted by atomic mass is 32.1. The van der Waals surface area contributed by atoms with Gasteiger partial charge in [0.05, 0.1) is 19.4 Å². The molecule has 0 fully saturated rings. The van der Waals surface area contributed by atoms with Gasteiger partial charge in [-0.05, 0) is 25.3 Å². The molecule has 1 rings (SSSR count). The Morgan fingerprint density at radius 3 is 2.71 bits per heavy atom. The van der Waals surface area contributed by atoms with Crippen LogP contribution in [0.1, 0.15) is 18.7 Å². The van der Waals surface area contributed by atoms with Crippen LogP contribution in [0.15, 0.2) is 39.2 Å². The van der Waals surface area contributed by atoms with Crippen molar-refractivity contribution in [3.8, 4) is 0 Å². The van der Waals surface area contributed by atoms with E-state index in [0.29, 0.717) is 0 Å². The highest BCUT2D eigenvalue weighted by molar-refractivity contribution is 7.11.